The van der Waals surface area contributed by atoms with Crippen molar-refractivity contribution in [2.45, 2.75) is 32.6 Å². The van der Waals surface area contributed by atoms with Crippen molar-refractivity contribution < 1.29 is 0 Å². The fourth-order valence-corrected chi connectivity index (χ4v) is 4.83. The molecule has 4 aromatic rings. The van der Waals surface area contributed by atoms with E-state index in [1.165, 1.54) is 44.2 Å². The van der Waals surface area contributed by atoms with Crippen molar-refractivity contribution >= 4 is 37.7 Å². The van der Waals surface area contributed by atoms with E-state index < -0.39 is 0 Å². The minimum absolute atomic E-state index is 0.414. The first-order valence-corrected chi connectivity index (χ1v) is 9.73. The summed E-state index contributed by atoms with van der Waals surface area (Å²) >= 11 is 3.66. The summed E-state index contributed by atoms with van der Waals surface area (Å²) in [7, 11) is 0. The van der Waals surface area contributed by atoms with Crippen molar-refractivity contribution in [1.29, 1.82) is 0 Å². The van der Waals surface area contributed by atoms with E-state index >= 15 is 0 Å². The van der Waals surface area contributed by atoms with E-state index in [9.17, 15) is 0 Å². The Kier molecular flexibility index (Phi) is 3.18. The molecule has 3 aromatic carbocycles. The molecule has 1 aliphatic rings. The van der Waals surface area contributed by atoms with Crippen LogP contribution < -0.4 is 0 Å². The largest absolute Gasteiger partial charge is 0.308 e. The standard InChI is InChI=1S/C23H20BrN/c1-13(2)16-6-4-7-17-14(3)18-8-5-9-19-20-12-15(24)10-11-21(20)25(22(16)17)23(18)19/h4-14H,1-3H3. The van der Waals surface area contributed by atoms with Gasteiger partial charge in [0.15, 0.2) is 0 Å². The van der Waals surface area contributed by atoms with E-state index in [-0.39, 0.29) is 0 Å². The lowest BCUT2D eigenvalue weighted by Crippen LogP contribution is -2.14. The Morgan fingerprint density at radius 1 is 0.920 bits per heavy atom. The SMILES string of the molecule is CC(C)c1cccc2c1-n1c3ccc(Br)cc3c3cccc(c31)C2C. The van der Waals surface area contributed by atoms with Gasteiger partial charge in [0.2, 0.25) is 0 Å². The van der Waals surface area contributed by atoms with E-state index in [0.29, 0.717) is 11.8 Å². The summed E-state index contributed by atoms with van der Waals surface area (Å²) in [5.41, 5.74) is 8.37. The molecule has 0 spiro atoms. The van der Waals surface area contributed by atoms with Crippen LogP contribution in [0.2, 0.25) is 0 Å². The number of fused-ring (bicyclic) bond motifs is 5. The van der Waals surface area contributed by atoms with Crippen LogP contribution in [-0.2, 0) is 0 Å². The summed E-state index contributed by atoms with van der Waals surface area (Å²) in [6.07, 6.45) is 0. The molecule has 0 amide bonds. The second-order valence-electron chi connectivity index (χ2n) is 7.40. The Bertz CT molecular complexity index is 1150. The van der Waals surface area contributed by atoms with Gasteiger partial charge in [-0.25, -0.2) is 0 Å². The molecule has 0 saturated heterocycles. The minimum atomic E-state index is 0.414. The number of benzene rings is 3. The van der Waals surface area contributed by atoms with Gasteiger partial charge in [0, 0.05) is 21.2 Å². The monoisotopic (exact) mass is 389 g/mol. The third kappa shape index (κ3) is 1.95. The summed E-state index contributed by atoms with van der Waals surface area (Å²) < 4.78 is 3.64. The molecule has 0 radical (unpaired) electrons. The number of rotatable bonds is 1. The highest BCUT2D eigenvalue weighted by Gasteiger charge is 2.28. The number of hydrogen-bond donors (Lipinski definition) is 0. The highest BCUT2D eigenvalue weighted by atomic mass is 79.9. The first-order valence-electron chi connectivity index (χ1n) is 8.93. The molecule has 1 aliphatic heterocycles. The summed E-state index contributed by atoms with van der Waals surface area (Å²) in [6.45, 7) is 6.93. The zero-order valence-corrected chi connectivity index (χ0v) is 16.3. The van der Waals surface area contributed by atoms with Crippen LogP contribution in [0, 0.1) is 0 Å². The molecule has 1 atom stereocenters. The summed E-state index contributed by atoms with van der Waals surface area (Å²) in [4.78, 5) is 0. The second-order valence-corrected chi connectivity index (χ2v) is 8.32. The van der Waals surface area contributed by atoms with Crippen LogP contribution in [0.15, 0.2) is 59.1 Å². The molecule has 0 fully saturated rings. The fourth-order valence-electron chi connectivity index (χ4n) is 4.47. The molecule has 0 saturated carbocycles. The fraction of sp³-hybridized carbons (Fsp3) is 0.217. The van der Waals surface area contributed by atoms with Gasteiger partial charge in [-0.05, 0) is 40.8 Å². The van der Waals surface area contributed by atoms with Gasteiger partial charge in [-0.15, -0.1) is 0 Å². The van der Waals surface area contributed by atoms with Gasteiger partial charge < -0.3 is 4.57 Å². The van der Waals surface area contributed by atoms with Crippen LogP contribution in [0.25, 0.3) is 27.5 Å². The maximum absolute atomic E-state index is 3.66. The van der Waals surface area contributed by atoms with E-state index in [4.69, 9.17) is 0 Å². The van der Waals surface area contributed by atoms with Crippen LogP contribution in [0.4, 0.5) is 0 Å². The average Bonchev–Trinajstić information content (AvgIpc) is 2.93. The Morgan fingerprint density at radius 2 is 1.68 bits per heavy atom. The van der Waals surface area contributed by atoms with Gasteiger partial charge in [0.25, 0.3) is 0 Å². The zero-order valence-electron chi connectivity index (χ0n) is 14.7. The Labute approximate surface area is 156 Å². The van der Waals surface area contributed by atoms with Crippen molar-refractivity contribution in [2.24, 2.45) is 0 Å². The van der Waals surface area contributed by atoms with Crippen molar-refractivity contribution in [3.63, 3.8) is 0 Å². The number of para-hydroxylation sites is 2. The first-order chi connectivity index (χ1) is 12.1. The van der Waals surface area contributed by atoms with Gasteiger partial charge >= 0.3 is 0 Å². The molecule has 1 unspecified atom stereocenters. The van der Waals surface area contributed by atoms with Crippen LogP contribution in [0.5, 0.6) is 0 Å². The van der Waals surface area contributed by atoms with Crippen LogP contribution in [0.1, 0.15) is 49.3 Å². The normalized spacial score (nSPS) is 16.0. The van der Waals surface area contributed by atoms with Gasteiger partial charge in [0.1, 0.15) is 0 Å². The lowest BCUT2D eigenvalue weighted by molar-refractivity contribution is 0.819. The lowest BCUT2D eigenvalue weighted by Gasteiger charge is -2.29. The van der Waals surface area contributed by atoms with Crippen molar-refractivity contribution in [3.8, 4) is 5.69 Å². The van der Waals surface area contributed by atoms with Crippen molar-refractivity contribution in [3.05, 3.63) is 75.8 Å². The molecule has 0 aliphatic carbocycles. The number of hydrogen-bond acceptors (Lipinski definition) is 0. The lowest BCUT2D eigenvalue weighted by atomic mass is 9.84. The van der Waals surface area contributed by atoms with E-state index in [0.717, 1.165) is 4.47 Å². The zero-order chi connectivity index (χ0) is 17.3. The van der Waals surface area contributed by atoms with Crippen LogP contribution in [0.3, 0.4) is 0 Å². The molecule has 124 valence electrons. The molecule has 2 heteroatoms. The Morgan fingerprint density at radius 3 is 2.48 bits per heavy atom. The van der Waals surface area contributed by atoms with Gasteiger partial charge in [-0.3, -0.25) is 0 Å². The molecule has 1 nitrogen and oxygen atoms in total. The van der Waals surface area contributed by atoms with Gasteiger partial charge in [0.05, 0.1) is 16.7 Å². The molecule has 5 rings (SSSR count). The summed E-state index contributed by atoms with van der Waals surface area (Å²) in [6, 6.07) is 20.2. The smallest absolute Gasteiger partial charge is 0.0579 e. The second kappa shape index (κ2) is 5.22. The number of nitrogens with zero attached hydrogens (tertiary/aromatic N) is 1. The summed E-state index contributed by atoms with van der Waals surface area (Å²) in [5.74, 6) is 0.910. The number of aromatic nitrogens is 1. The average molecular weight is 390 g/mol. The predicted molar refractivity (Wildman–Crippen MR) is 110 cm³/mol. The molecular formula is C23H20BrN. The molecule has 0 bridgehead atoms. The number of halogens is 1. The molecule has 0 N–H and O–H groups in total. The van der Waals surface area contributed by atoms with Gasteiger partial charge in [-0.1, -0.05) is 73.1 Å². The van der Waals surface area contributed by atoms with Crippen LogP contribution in [-0.4, -0.2) is 4.57 Å². The van der Waals surface area contributed by atoms with E-state index in [1.807, 2.05) is 0 Å². The Hall–Kier alpha value is -2.06. The maximum atomic E-state index is 3.66. The molecule has 25 heavy (non-hydrogen) atoms. The maximum Gasteiger partial charge on any atom is 0.0579 e. The topological polar surface area (TPSA) is 4.93 Å². The highest BCUT2D eigenvalue weighted by Crippen LogP contribution is 2.46. The molecule has 2 heterocycles. The molecular weight excluding hydrogens is 370 g/mol. The van der Waals surface area contributed by atoms with Crippen molar-refractivity contribution in [2.75, 3.05) is 0 Å². The quantitative estimate of drug-likeness (QED) is 0.326. The Balaban J connectivity index is 2.07. The van der Waals surface area contributed by atoms with E-state index in [1.54, 1.807) is 0 Å². The third-order valence-electron chi connectivity index (χ3n) is 5.66. The van der Waals surface area contributed by atoms with Crippen LogP contribution >= 0.6 is 15.9 Å². The first kappa shape index (κ1) is 15.2. The van der Waals surface area contributed by atoms with Gasteiger partial charge in [-0.2, -0.15) is 0 Å². The minimum Gasteiger partial charge on any atom is -0.308 e. The predicted octanol–water partition coefficient (Wildman–Crippen LogP) is 7.13. The highest BCUT2D eigenvalue weighted by molar-refractivity contribution is 9.10. The third-order valence-corrected chi connectivity index (χ3v) is 6.15. The van der Waals surface area contributed by atoms with Crippen molar-refractivity contribution in [1.82, 2.24) is 4.57 Å². The summed E-state index contributed by atoms with van der Waals surface area (Å²) in [5, 5.41) is 2.68. The molecule has 1 aromatic heterocycles. The van der Waals surface area contributed by atoms with E-state index in [2.05, 4.69) is 95.9 Å².